The van der Waals surface area contributed by atoms with E-state index < -0.39 is 0 Å². The lowest BCUT2D eigenvalue weighted by atomic mass is 10.2. The first-order valence-corrected chi connectivity index (χ1v) is 3.86. The summed E-state index contributed by atoms with van der Waals surface area (Å²) < 4.78 is 0. The van der Waals surface area contributed by atoms with Crippen LogP contribution in [0.5, 0.6) is 0 Å². The molecule has 0 unspecified atom stereocenters. The van der Waals surface area contributed by atoms with Gasteiger partial charge in [-0.05, 0) is 12.8 Å². The maximum Gasteiger partial charge on any atom is 0.119 e. The summed E-state index contributed by atoms with van der Waals surface area (Å²) in [6.07, 6.45) is 4.17. The van der Waals surface area contributed by atoms with E-state index in [2.05, 4.69) is 0 Å². The van der Waals surface area contributed by atoms with Crippen molar-refractivity contribution in [3.8, 4) is 0 Å². The molecule has 0 fully saturated rings. The molecule has 0 rings (SSSR count). The zero-order valence-corrected chi connectivity index (χ0v) is 6.66. The highest BCUT2D eigenvalue weighted by Crippen LogP contribution is 2.11. The first-order valence-electron chi connectivity index (χ1n) is 2.99. The Hall–Kier alpha value is 0.250. The lowest BCUT2D eigenvalue weighted by Gasteiger charge is -1.96. The Morgan fingerprint density at radius 2 is 2.00 bits per heavy atom. The van der Waals surface area contributed by atoms with Crippen LogP contribution in [0.4, 0.5) is 0 Å². The molecule has 0 saturated heterocycles. The molecule has 9 heavy (non-hydrogen) atoms. The molecule has 0 aliphatic carbocycles. The van der Waals surface area contributed by atoms with Gasteiger partial charge in [0.05, 0.1) is 0 Å². The summed E-state index contributed by atoms with van der Waals surface area (Å²) in [5.74, 6) is 0. The van der Waals surface area contributed by atoms with Gasteiger partial charge in [0, 0.05) is 6.42 Å². The fraction of sp³-hybridized carbons (Fsp3) is 0.833. The van der Waals surface area contributed by atoms with Crippen LogP contribution in [0.15, 0.2) is 0 Å². The van der Waals surface area contributed by atoms with Gasteiger partial charge in [0.15, 0.2) is 0 Å². The van der Waals surface area contributed by atoms with Gasteiger partial charge >= 0.3 is 0 Å². The molecule has 0 aliphatic heterocycles. The molecule has 0 atom stereocenters. The topological polar surface area (TPSA) is 17.1 Å². The molecule has 0 aromatic carbocycles. The maximum atomic E-state index is 9.78. The summed E-state index contributed by atoms with van der Waals surface area (Å²) in [6.45, 7) is 0. The second kappa shape index (κ2) is 6.37. The summed E-state index contributed by atoms with van der Waals surface area (Å²) in [5.41, 5.74) is 0. The highest BCUT2D eigenvalue weighted by molar-refractivity contribution is 6.44. The van der Waals surface area contributed by atoms with Crippen molar-refractivity contribution in [1.29, 1.82) is 0 Å². The molecule has 0 bridgehead atoms. The minimum atomic E-state index is -0.267. The normalized spacial score (nSPS) is 10.1. The van der Waals surface area contributed by atoms with Gasteiger partial charge in [-0.2, -0.15) is 0 Å². The average Bonchev–Trinajstić information content (AvgIpc) is 1.80. The zero-order valence-electron chi connectivity index (χ0n) is 5.15. The number of aldehydes is 1. The summed E-state index contributed by atoms with van der Waals surface area (Å²) in [4.78, 5) is 9.52. The molecular weight excluding hydrogens is 159 g/mol. The van der Waals surface area contributed by atoms with Crippen molar-refractivity contribution >= 4 is 29.5 Å². The van der Waals surface area contributed by atoms with Crippen molar-refractivity contribution in [3.63, 3.8) is 0 Å². The number of hydrogen-bond acceptors (Lipinski definition) is 1. The second-order valence-electron chi connectivity index (χ2n) is 1.84. The maximum absolute atomic E-state index is 9.78. The van der Waals surface area contributed by atoms with Crippen molar-refractivity contribution in [1.82, 2.24) is 0 Å². The van der Waals surface area contributed by atoms with Gasteiger partial charge < -0.3 is 4.79 Å². The average molecular weight is 169 g/mol. The van der Waals surface area contributed by atoms with E-state index in [9.17, 15) is 4.79 Å². The fourth-order valence-electron chi connectivity index (χ4n) is 0.526. The minimum absolute atomic E-state index is 0.267. The van der Waals surface area contributed by atoms with E-state index in [1.807, 2.05) is 0 Å². The van der Waals surface area contributed by atoms with Crippen molar-refractivity contribution in [3.05, 3.63) is 0 Å². The Balaban J connectivity index is 2.82. The van der Waals surface area contributed by atoms with Gasteiger partial charge in [-0.25, -0.2) is 0 Å². The Labute approximate surface area is 65.3 Å². The Bertz CT molecular complexity index is 73.5. The van der Waals surface area contributed by atoms with Crippen LogP contribution in [0.3, 0.4) is 0 Å². The Morgan fingerprint density at radius 1 is 1.33 bits per heavy atom. The molecule has 3 heteroatoms. The van der Waals surface area contributed by atoms with Crippen molar-refractivity contribution in [2.75, 3.05) is 0 Å². The number of alkyl halides is 2. The Morgan fingerprint density at radius 3 is 2.44 bits per heavy atom. The van der Waals surface area contributed by atoms with E-state index in [1.165, 1.54) is 0 Å². The van der Waals surface area contributed by atoms with Crippen molar-refractivity contribution < 1.29 is 4.79 Å². The number of hydrogen-bond donors (Lipinski definition) is 0. The summed E-state index contributed by atoms with van der Waals surface area (Å²) in [7, 11) is 0. The van der Waals surface area contributed by atoms with Gasteiger partial charge in [0.25, 0.3) is 0 Å². The molecule has 54 valence electrons. The lowest BCUT2D eigenvalue weighted by molar-refractivity contribution is -0.107. The van der Waals surface area contributed by atoms with E-state index >= 15 is 0 Å². The smallest absolute Gasteiger partial charge is 0.119 e. The summed E-state index contributed by atoms with van der Waals surface area (Å²) in [6, 6.07) is 0. The molecule has 0 amide bonds. The predicted molar refractivity (Wildman–Crippen MR) is 40.0 cm³/mol. The second-order valence-corrected chi connectivity index (χ2v) is 3.12. The SMILES string of the molecule is O=CCCCCC(Cl)Cl. The number of unbranched alkanes of at least 4 members (excludes halogenated alkanes) is 2. The van der Waals surface area contributed by atoms with Gasteiger partial charge in [-0.3, -0.25) is 0 Å². The van der Waals surface area contributed by atoms with Crippen molar-refractivity contribution in [2.24, 2.45) is 0 Å². The van der Waals surface area contributed by atoms with Gasteiger partial charge in [-0.1, -0.05) is 6.42 Å². The third kappa shape index (κ3) is 8.25. The lowest BCUT2D eigenvalue weighted by Crippen LogP contribution is -1.86. The largest absolute Gasteiger partial charge is 0.303 e. The van der Waals surface area contributed by atoms with Crippen LogP contribution in [0.1, 0.15) is 25.7 Å². The molecule has 1 nitrogen and oxygen atoms in total. The van der Waals surface area contributed by atoms with Gasteiger partial charge in [0.1, 0.15) is 11.1 Å². The van der Waals surface area contributed by atoms with E-state index in [0.29, 0.717) is 6.42 Å². The minimum Gasteiger partial charge on any atom is -0.303 e. The quantitative estimate of drug-likeness (QED) is 0.351. The van der Waals surface area contributed by atoms with E-state index in [0.717, 1.165) is 25.5 Å². The molecule has 0 saturated carbocycles. The highest BCUT2D eigenvalue weighted by atomic mass is 35.5. The first-order chi connectivity index (χ1) is 4.27. The summed E-state index contributed by atoms with van der Waals surface area (Å²) in [5, 5.41) is 0. The monoisotopic (exact) mass is 168 g/mol. The number of rotatable bonds is 5. The van der Waals surface area contributed by atoms with E-state index in [-0.39, 0.29) is 4.84 Å². The molecule has 0 aliphatic rings. The van der Waals surface area contributed by atoms with Crippen molar-refractivity contribution in [2.45, 2.75) is 30.5 Å². The molecule has 0 aromatic heterocycles. The number of halogens is 2. The van der Waals surface area contributed by atoms with Gasteiger partial charge in [0.2, 0.25) is 0 Å². The molecular formula is C6H10Cl2O. The third-order valence-electron chi connectivity index (χ3n) is 0.994. The molecule has 0 heterocycles. The fourth-order valence-corrected chi connectivity index (χ4v) is 0.835. The van der Waals surface area contributed by atoms with Crippen LogP contribution in [0.25, 0.3) is 0 Å². The van der Waals surface area contributed by atoms with Crippen LogP contribution >= 0.6 is 23.2 Å². The predicted octanol–water partition coefficient (Wildman–Crippen LogP) is 2.55. The summed E-state index contributed by atoms with van der Waals surface area (Å²) >= 11 is 10.9. The van der Waals surface area contributed by atoms with E-state index in [1.54, 1.807) is 0 Å². The van der Waals surface area contributed by atoms with Crippen LogP contribution in [-0.2, 0) is 4.79 Å². The first kappa shape index (κ1) is 9.25. The van der Waals surface area contributed by atoms with Crippen LogP contribution in [0.2, 0.25) is 0 Å². The Kier molecular flexibility index (Phi) is 6.55. The van der Waals surface area contributed by atoms with Crippen LogP contribution in [0, 0.1) is 0 Å². The zero-order chi connectivity index (χ0) is 7.11. The molecule has 0 aromatic rings. The molecule has 0 radical (unpaired) electrons. The molecule has 0 N–H and O–H groups in total. The van der Waals surface area contributed by atoms with Crippen LogP contribution < -0.4 is 0 Å². The number of carbonyl (C=O) groups is 1. The van der Waals surface area contributed by atoms with Gasteiger partial charge in [-0.15, -0.1) is 23.2 Å². The van der Waals surface area contributed by atoms with Crippen LogP contribution in [-0.4, -0.2) is 11.1 Å². The third-order valence-corrected chi connectivity index (χ3v) is 1.43. The molecule has 0 spiro atoms. The standard InChI is InChI=1S/C6H10Cl2O/c7-6(8)4-2-1-3-5-9/h5-6H,1-4H2. The van der Waals surface area contributed by atoms with E-state index in [4.69, 9.17) is 23.2 Å². The highest BCUT2D eigenvalue weighted by Gasteiger charge is 1.96. The number of carbonyl (C=O) groups excluding carboxylic acids is 1.